The fourth-order valence-corrected chi connectivity index (χ4v) is 0.471. The predicted molar refractivity (Wildman–Crippen MR) is 42.7 cm³/mol. The highest BCUT2D eigenvalue weighted by molar-refractivity contribution is 5.92. The van der Waals surface area contributed by atoms with Crippen LogP contribution < -0.4 is 5.32 Å². The Morgan fingerprint density at radius 2 is 2.10 bits per heavy atom. The molecule has 0 rings (SSSR count). The number of ketones is 1. The van der Waals surface area contributed by atoms with Crippen LogP contribution in [0, 0.1) is 0 Å². The summed E-state index contributed by atoms with van der Waals surface area (Å²) in [6.45, 7) is 6.40. The quantitative estimate of drug-likeness (QED) is 0.474. The molecule has 0 saturated carbocycles. The summed E-state index contributed by atoms with van der Waals surface area (Å²) >= 11 is 0. The van der Waals surface area contributed by atoms with Gasteiger partial charge in [0.05, 0.1) is 0 Å². The van der Waals surface area contributed by atoms with Crippen molar-refractivity contribution in [1.29, 1.82) is 0 Å². The van der Waals surface area contributed by atoms with Crippen molar-refractivity contribution in [3.63, 3.8) is 0 Å². The van der Waals surface area contributed by atoms with Gasteiger partial charge in [-0.2, -0.15) is 0 Å². The van der Waals surface area contributed by atoms with E-state index in [1.807, 2.05) is 6.92 Å². The lowest BCUT2D eigenvalue weighted by atomic mass is 10.2. The molecular weight excluding hydrogens is 126 g/mol. The van der Waals surface area contributed by atoms with Gasteiger partial charge in [-0.3, -0.25) is 4.79 Å². The van der Waals surface area contributed by atoms with E-state index in [-0.39, 0.29) is 5.78 Å². The molecule has 0 bridgehead atoms. The van der Waals surface area contributed by atoms with Crippen LogP contribution in [-0.4, -0.2) is 12.3 Å². The second-order valence-electron chi connectivity index (χ2n) is 2.34. The van der Waals surface area contributed by atoms with Gasteiger partial charge in [-0.05, 0) is 20.3 Å². The zero-order chi connectivity index (χ0) is 7.98. The summed E-state index contributed by atoms with van der Waals surface area (Å²) in [4.78, 5) is 10.6. The monoisotopic (exact) mass is 141 g/mol. The number of carbonyl (C=O) groups excluding carboxylic acids is 1. The van der Waals surface area contributed by atoms with Crippen LogP contribution >= 0.6 is 0 Å². The topological polar surface area (TPSA) is 29.1 Å². The molecule has 0 saturated heterocycles. The Labute approximate surface area is 62.3 Å². The van der Waals surface area contributed by atoms with Crippen LogP contribution in [0.25, 0.3) is 0 Å². The van der Waals surface area contributed by atoms with Gasteiger partial charge >= 0.3 is 0 Å². The first-order valence-corrected chi connectivity index (χ1v) is 3.59. The molecule has 0 spiro atoms. The van der Waals surface area contributed by atoms with Gasteiger partial charge in [-0.25, -0.2) is 0 Å². The van der Waals surface area contributed by atoms with Crippen molar-refractivity contribution in [1.82, 2.24) is 5.32 Å². The summed E-state index contributed by atoms with van der Waals surface area (Å²) in [5.41, 5.74) is 0.786. The first-order chi connectivity index (χ1) is 4.68. The highest BCUT2D eigenvalue weighted by atomic mass is 16.1. The van der Waals surface area contributed by atoms with Crippen molar-refractivity contribution in [3.05, 3.63) is 11.8 Å². The van der Waals surface area contributed by atoms with Crippen LogP contribution in [-0.2, 0) is 4.79 Å². The highest BCUT2D eigenvalue weighted by Crippen LogP contribution is 1.90. The minimum atomic E-state index is 0.128. The van der Waals surface area contributed by atoms with Crippen LogP contribution in [0.4, 0.5) is 0 Å². The van der Waals surface area contributed by atoms with Crippen LogP contribution in [0.1, 0.15) is 27.2 Å². The Hall–Kier alpha value is -0.790. The SMILES string of the molecule is CCCN/C=C(\C)C(C)=O. The van der Waals surface area contributed by atoms with Crippen LogP contribution in [0.15, 0.2) is 11.8 Å². The van der Waals surface area contributed by atoms with E-state index in [9.17, 15) is 4.79 Å². The minimum absolute atomic E-state index is 0.128. The maximum Gasteiger partial charge on any atom is 0.156 e. The van der Waals surface area contributed by atoms with Crippen LogP contribution in [0.5, 0.6) is 0 Å². The largest absolute Gasteiger partial charge is 0.391 e. The molecule has 0 aromatic carbocycles. The second-order valence-corrected chi connectivity index (χ2v) is 2.34. The van der Waals surface area contributed by atoms with Crippen molar-refractivity contribution in [2.75, 3.05) is 6.54 Å². The van der Waals surface area contributed by atoms with Crippen LogP contribution in [0.2, 0.25) is 0 Å². The van der Waals surface area contributed by atoms with E-state index in [1.165, 1.54) is 0 Å². The molecule has 0 unspecified atom stereocenters. The van der Waals surface area contributed by atoms with Crippen molar-refractivity contribution in [2.45, 2.75) is 27.2 Å². The van der Waals surface area contributed by atoms with E-state index in [0.717, 1.165) is 18.5 Å². The number of hydrogen-bond donors (Lipinski definition) is 1. The Balaban J connectivity index is 3.58. The van der Waals surface area contributed by atoms with E-state index in [0.29, 0.717) is 0 Å². The molecule has 0 aromatic heterocycles. The molecule has 2 nitrogen and oxygen atoms in total. The third-order valence-electron chi connectivity index (χ3n) is 1.27. The average molecular weight is 141 g/mol. The fourth-order valence-electron chi connectivity index (χ4n) is 0.471. The Kier molecular flexibility index (Phi) is 4.63. The molecular formula is C8H15NO. The molecule has 0 aliphatic carbocycles. The van der Waals surface area contributed by atoms with Gasteiger partial charge in [0.1, 0.15) is 0 Å². The van der Waals surface area contributed by atoms with Gasteiger partial charge in [0.2, 0.25) is 0 Å². The fraction of sp³-hybridized carbons (Fsp3) is 0.625. The average Bonchev–Trinajstić information content (AvgIpc) is 1.88. The zero-order valence-electron chi connectivity index (χ0n) is 6.90. The van der Waals surface area contributed by atoms with E-state index in [2.05, 4.69) is 12.2 Å². The third-order valence-corrected chi connectivity index (χ3v) is 1.27. The minimum Gasteiger partial charge on any atom is -0.391 e. The second kappa shape index (κ2) is 5.03. The molecule has 0 atom stereocenters. The number of rotatable bonds is 4. The van der Waals surface area contributed by atoms with E-state index in [4.69, 9.17) is 0 Å². The van der Waals surface area contributed by atoms with Crippen LogP contribution in [0.3, 0.4) is 0 Å². The number of Topliss-reactive ketones (excluding diaryl/α,β-unsaturated/α-hetero) is 1. The van der Waals surface area contributed by atoms with Crippen molar-refractivity contribution >= 4 is 5.78 Å². The summed E-state index contributed by atoms with van der Waals surface area (Å²) in [7, 11) is 0. The molecule has 0 heterocycles. The molecule has 0 aliphatic heterocycles. The molecule has 58 valence electrons. The molecule has 0 aliphatic rings. The Bertz CT molecular complexity index is 138. The van der Waals surface area contributed by atoms with E-state index < -0.39 is 0 Å². The first-order valence-electron chi connectivity index (χ1n) is 3.59. The molecule has 2 heteroatoms. The van der Waals surface area contributed by atoms with Gasteiger partial charge in [0.15, 0.2) is 5.78 Å². The number of carbonyl (C=O) groups is 1. The predicted octanol–water partition coefficient (Wildman–Crippen LogP) is 1.48. The number of nitrogens with one attached hydrogen (secondary N) is 1. The summed E-state index contributed by atoms with van der Waals surface area (Å²) in [6, 6.07) is 0. The van der Waals surface area contributed by atoms with Crippen molar-refractivity contribution in [2.24, 2.45) is 0 Å². The number of hydrogen-bond acceptors (Lipinski definition) is 2. The lowest BCUT2D eigenvalue weighted by Crippen LogP contribution is -2.08. The lowest BCUT2D eigenvalue weighted by molar-refractivity contribution is -0.113. The Morgan fingerprint density at radius 3 is 2.50 bits per heavy atom. The van der Waals surface area contributed by atoms with Crippen molar-refractivity contribution in [3.8, 4) is 0 Å². The summed E-state index contributed by atoms with van der Waals surface area (Å²) in [5, 5.41) is 3.03. The van der Waals surface area contributed by atoms with Gasteiger partial charge in [-0.15, -0.1) is 0 Å². The number of allylic oxidation sites excluding steroid dienone is 1. The zero-order valence-corrected chi connectivity index (χ0v) is 6.90. The summed E-state index contributed by atoms with van der Waals surface area (Å²) < 4.78 is 0. The Morgan fingerprint density at radius 1 is 1.50 bits per heavy atom. The molecule has 1 N–H and O–H groups in total. The maximum atomic E-state index is 10.6. The normalized spacial score (nSPS) is 11.3. The third kappa shape index (κ3) is 4.13. The van der Waals surface area contributed by atoms with Gasteiger partial charge in [0, 0.05) is 18.3 Å². The van der Waals surface area contributed by atoms with E-state index >= 15 is 0 Å². The van der Waals surface area contributed by atoms with Gasteiger partial charge in [-0.1, -0.05) is 6.92 Å². The maximum absolute atomic E-state index is 10.6. The van der Waals surface area contributed by atoms with E-state index in [1.54, 1.807) is 13.1 Å². The van der Waals surface area contributed by atoms with Crippen molar-refractivity contribution < 1.29 is 4.79 Å². The molecule has 0 fully saturated rings. The molecule has 0 aromatic rings. The highest BCUT2D eigenvalue weighted by Gasteiger charge is 1.92. The van der Waals surface area contributed by atoms with Gasteiger partial charge in [0.25, 0.3) is 0 Å². The lowest BCUT2D eigenvalue weighted by Gasteiger charge is -1.97. The molecule has 0 radical (unpaired) electrons. The summed E-state index contributed by atoms with van der Waals surface area (Å²) in [5.74, 6) is 0.128. The first kappa shape index (κ1) is 9.21. The summed E-state index contributed by atoms with van der Waals surface area (Å²) in [6.07, 6.45) is 2.85. The molecule has 10 heavy (non-hydrogen) atoms. The molecule has 0 amide bonds. The van der Waals surface area contributed by atoms with Gasteiger partial charge < -0.3 is 5.32 Å². The standard InChI is InChI=1S/C8H15NO/c1-4-5-9-6-7(2)8(3)10/h6,9H,4-5H2,1-3H3/b7-6+. The smallest absolute Gasteiger partial charge is 0.156 e.